The molecule has 0 unspecified atom stereocenters. The predicted molar refractivity (Wildman–Crippen MR) is 93.8 cm³/mol. The Balaban J connectivity index is 1.73. The fraction of sp³-hybridized carbons (Fsp3) is 0.444. The molecule has 0 saturated carbocycles. The molecule has 1 amide bonds. The zero-order valence-electron chi connectivity index (χ0n) is 14.5. The first-order valence-corrected chi connectivity index (χ1v) is 8.28. The van der Waals surface area contributed by atoms with Crippen molar-refractivity contribution in [1.82, 2.24) is 15.5 Å². The van der Waals surface area contributed by atoms with E-state index < -0.39 is 0 Å². The van der Waals surface area contributed by atoms with Gasteiger partial charge in [-0.2, -0.15) is 5.26 Å². The van der Waals surface area contributed by atoms with Crippen molar-refractivity contribution in [1.29, 1.82) is 5.26 Å². The Morgan fingerprint density at radius 1 is 1.36 bits per heavy atom. The lowest BCUT2D eigenvalue weighted by atomic mass is 10.2. The van der Waals surface area contributed by atoms with Crippen LogP contribution in [0.15, 0.2) is 36.0 Å². The van der Waals surface area contributed by atoms with Crippen LogP contribution >= 0.6 is 0 Å². The van der Waals surface area contributed by atoms with E-state index in [9.17, 15) is 4.79 Å². The Labute approximate surface area is 148 Å². The van der Waals surface area contributed by atoms with Crippen molar-refractivity contribution in [2.45, 2.75) is 6.54 Å². The molecule has 1 saturated heterocycles. The Morgan fingerprint density at radius 3 is 2.72 bits per heavy atom. The first-order chi connectivity index (χ1) is 12.2. The van der Waals surface area contributed by atoms with Crippen LogP contribution in [0.25, 0.3) is 0 Å². The molecule has 0 atom stereocenters. The molecule has 2 rings (SSSR count). The highest BCUT2D eigenvalue weighted by Crippen LogP contribution is 2.10. The molecule has 0 aromatic heterocycles. The second-order valence-corrected chi connectivity index (χ2v) is 5.61. The maximum Gasteiger partial charge on any atom is 0.263 e. The number of nitrogens with one attached hydrogen (secondary N) is 2. The molecule has 0 spiro atoms. The highest BCUT2D eigenvalue weighted by atomic mass is 16.5. The summed E-state index contributed by atoms with van der Waals surface area (Å²) >= 11 is 0. The summed E-state index contributed by atoms with van der Waals surface area (Å²) in [5.74, 6) is 0.426. The third-order valence-electron chi connectivity index (χ3n) is 3.89. The molecule has 134 valence electrons. The van der Waals surface area contributed by atoms with Crippen LogP contribution in [0.5, 0.6) is 5.75 Å². The van der Waals surface area contributed by atoms with Crippen molar-refractivity contribution >= 4 is 5.91 Å². The number of nitrogens with zero attached hydrogens (tertiary/aromatic N) is 2. The van der Waals surface area contributed by atoms with Gasteiger partial charge in [0.2, 0.25) is 0 Å². The molecule has 25 heavy (non-hydrogen) atoms. The van der Waals surface area contributed by atoms with Gasteiger partial charge in [0.25, 0.3) is 5.91 Å². The van der Waals surface area contributed by atoms with Crippen molar-refractivity contribution in [3.05, 3.63) is 41.6 Å². The lowest BCUT2D eigenvalue weighted by molar-refractivity contribution is -0.117. The Morgan fingerprint density at radius 2 is 2.08 bits per heavy atom. The van der Waals surface area contributed by atoms with Crippen LogP contribution in [0.1, 0.15) is 5.56 Å². The summed E-state index contributed by atoms with van der Waals surface area (Å²) in [6, 6.07) is 9.51. The number of methoxy groups -OCH3 is 1. The molecule has 7 heteroatoms. The minimum Gasteiger partial charge on any atom is -0.497 e. The van der Waals surface area contributed by atoms with Gasteiger partial charge in [-0.15, -0.1) is 0 Å². The zero-order chi connectivity index (χ0) is 17.9. The molecular formula is C18H24N4O3. The number of rotatable bonds is 8. The SMILES string of the molecule is COc1ccc(CN/C=C(/C#N)C(=O)NCCN2CCOCC2)cc1. The van der Waals surface area contributed by atoms with Crippen LogP contribution in [-0.2, 0) is 16.1 Å². The van der Waals surface area contributed by atoms with Gasteiger partial charge < -0.3 is 20.1 Å². The predicted octanol–water partition coefficient (Wildman–Crippen LogP) is 0.641. The molecule has 1 fully saturated rings. The number of nitriles is 1. The highest BCUT2D eigenvalue weighted by Gasteiger charge is 2.12. The van der Waals surface area contributed by atoms with Gasteiger partial charge in [-0.05, 0) is 17.7 Å². The largest absolute Gasteiger partial charge is 0.497 e. The molecule has 2 N–H and O–H groups in total. The average molecular weight is 344 g/mol. The molecule has 1 aliphatic heterocycles. The number of amides is 1. The third kappa shape index (κ3) is 6.45. The third-order valence-corrected chi connectivity index (χ3v) is 3.89. The van der Waals surface area contributed by atoms with Gasteiger partial charge in [0.15, 0.2) is 0 Å². The van der Waals surface area contributed by atoms with E-state index in [1.54, 1.807) is 7.11 Å². The second-order valence-electron chi connectivity index (χ2n) is 5.61. The summed E-state index contributed by atoms with van der Waals surface area (Å²) in [5, 5.41) is 14.9. The molecule has 1 heterocycles. The number of hydrogen-bond acceptors (Lipinski definition) is 6. The van der Waals surface area contributed by atoms with Gasteiger partial charge in [-0.1, -0.05) is 12.1 Å². The van der Waals surface area contributed by atoms with Crippen molar-refractivity contribution in [3.63, 3.8) is 0 Å². The van der Waals surface area contributed by atoms with Crippen LogP contribution in [0, 0.1) is 11.3 Å². The first-order valence-electron chi connectivity index (χ1n) is 8.28. The van der Waals surface area contributed by atoms with Crippen molar-refractivity contribution < 1.29 is 14.3 Å². The van der Waals surface area contributed by atoms with E-state index in [-0.39, 0.29) is 11.5 Å². The molecular weight excluding hydrogens is 320 g/mol. The monoisotopic (exact) mass is 344 g/mol. The molecule has 0 radical (unpaired) electrons. The quantitative estimate of drug-likeness (QED) is 0.532. The summed E-state index contributed by atoms with van der Waals surface area (Å²) in [6.45, 7) is 5.00. The molecule has 1 aromatic rings. The van der Waals surface area contributed by atoms with E-state index in [0.29, 0.717) is 13.1 Å². The standard InChI is InChI=1S/C18H24N4O3/c1-24-17-4-2-15(3-5-17)13-20-14-16(12-19)18(23)21-6-7-22-8-10-25-11-9-22/h2-5,14,20H,6-11,13H2,1H3,(H,21,23)/b16-14-. The van der Waals surface area contributed by atoms with Gasteiger partial charge in [0.1, 0.15) is 17.4 Å². The van der Waals surface area contributed by atoms with Crippen LogP contribution < -0.4 is 15.4 Å². The molecule has 0 aliphatic carbocycles. The average Bonchev–Trinajstić information content (AvgIpc) is 2.66. The van der Waals surface area contributed by atoms with Crippen molar-refractivity contribution in [2.75, 3.05) is 46.5 Å². The fourth-order valence-corrected chi connectivity index (χ4v) is 2.41. The number of carbonyl (C=O) groups is 1. The van der Waals surface area contributed by atoms with E-state index >= 15 is 0 Å². The molecule has 0 bridgehead atoms. The Hall–Kier alpha value is -2.56. The molecule has 1 aromatic carbocycles. The first kappa shape index (κ1) is 18.8. The van der Waals surface area contributed by atoms with Gasteiger partial charge in [-0.25, -0.2) is 0 Å². The van der Waals surface area contributed by atoms with Crippen LogP contribution in [0.4, 0.5) is 0 Å². The maximum atomic E-state index is 12.0. The minimum absolute atomic E-state index is 0.0653. The van der Waals surface area contributed by atoms with Gasteiger partial charge in [0, 0.05) is 38.9 Å². The van der Waals surface area contributed by atoms with Crippen LogP contribution in [-0.4, -0.2) is 57.3 Å². The Bertz CT molecular complexity index is 616. The summed E-state index contributed by atoms with van der Waals surface area (Å²) in [4.78, 5) is 14.3. The normalized spacial score (nSPS) is 15.3. The van der Waals surface area contributed by atoms with E-state index in [1.807, 2.05) is 30.3 Å². The van der Waals surface area contributed by atoms with Crippen LogP contribution in [0.3, 0.4) is 0 Å². The smallest absolute Gasteiger partial charge is 0.263 e. The number of benzene rings is 1. The summed E-state index contributed by atoms with van der Waals surface area (Å²) < 4.78 is 10.4. The maximum absolute atomic E-state index is 12.0. The zero-order valence-corrected chi connectivity index (χ0v) is 14.5. The molecule has 7 nitrogen and oxygen atoms in total. The van der Waals surface area contributed by atoms with Gasteiger partial charge >= 0.3 is 0 Å². The summed E-state index contributed by atoms with van der Waals surface area (Å²) in [7, 11) is 1.62. The van der Waals surface area contributed by atoms with Crippen molar-refractivity contribution in [3.8, 4) is 11.8 Å². The van der Waals surface area contributed by atoms with Gasteiger partial charge in [0.05, 0.1) is 20.3 Å². The van der Waals surface area contributed by atoms with Crippen LogP contribution in [0.2, 0.25) is 0 Å². The molecule has 1 aliphatic rings. The van der Waals surface area contributed by atoms with Gasteiger partial charge in [-0.3, -0.25) is 9.69 Å². The fourth-order valence-electron chi connectivity index (χ4n) is 2.41. The number of morpholine rings is 1. The Kier molecular flexibility index (Phi) is 7.76. The summed E-state index contributed by atoms with van der Waals surface area (Å²) in [6.07, 6.45) is 1.45. The second kappa shape index (κ2) is 10.3. The van der Waals surface area contributed by atoms with E-state index in [1.165, 1.54) is 6.20 Å². The lowest BCUT2D eigenvalue weighted by Gasteiger charge is -2.26. The van der Waals surface area contributed by atoms with E-state index in [4.69, 9.17) is 14.7 Å². The number of ether oxygens (including phenoxy) is 2. The summed E-state index contributed by atoms with van der Waals surface area (Å²) in [5.41, 5.74) is 1.09. The number of carbonyl (C=O) groups excluding carboxylic acids is 1. The lowest BCUT2D eigenvalue weighted by Crippen LogP contribution is -2.41. The van der Waals surface area contributed by atoms with E-state index in [2.05, 4.69) is 15.5 Å². The number of hydrogen-bond donors (Lipinski definition) is 2. The minimum atomic E-state index is -0.363. The van der Waals surface area contributed by atoms with E-state index in [0.717, 1.165) is 44.2 Å². The topological polar surface area (TPSA) is 86.6 Å². The highest BCUT2D eigenvalue weighted by molar-refractivity contribution is 5.97. The van der Waals surface area contributed by atoms with Crippen molar-refractivity contribution in [2.24, 2.45) is 0 Å².